The zero-order valence-electron chi connectivity index (χ0n) is 13.7. The average Bonchev–Trinajstić information content (AvgIpc) is 2.43. The van der Waals surface area contributed by atoms with Crippen LogP contribution in [0.3, 0.4) is 0 Å². The van der Waals surface area contributed by atoms with Crippen molar-refractivity contribution >= 4 is 0 Å². The molecule has 1 heterocycles. The highest BCUT2D eigenvalue weighted by Gasteiger charge is 2.27. The van der Waals surface area contributed by atoms with Gasteiger partial charge in [0.2, 0.25) is 0 Å². The van der Waals surface area contributed by atoms with Gasteiger partial charge in [0.05, 0.1) is 0 Å². The molecule has 0 amide bonds. The fourth-order valence-corrected chi connectivity index (χ4v) is 2.31. The van der Waals surface area contributed by atoms with Crippen molar-refractivity contribution in [1.29, 1.82) is 0 Å². The number of allylic oxidation sites excluding steroid dienone is 2. The van der Waals surface area contributed by atoms with Crippen molar-refractivity contribution in [2.24, 2.45) is 5.11 Å². The van der Waals surface area contributed by atoms with E-state index in [0.717, 1.165) is 32.7 Å². The van der Waals surface area contributed by atoms with Crippen LogP contribution < -0.4 is 0 Å². The minimum Gasteiger partial charge on any atom is -0.297 e. The summed E-state index contributed by atoms with van der Waals surface area (Å²) >= 11 is 0. The topological polar surface area (TPSA) is 55.2 Å². The molecule has 21 heavy (non-hydrogen) atoms. The SMILES string of the molecule is C=C(N=[N+]=[N-])C1CN(CC=C(C)C)CCN1CC=C(C)C. The van der Waals surface area contributed by atoms with E-state index in [1.807, 2.05) is 0 Å². The fourth-order valence-electron chi connectivity index (χ4n) is 2.31. The fraction of sp³-hybridized carbons (Fsp3) is 0.625. The molecule has 0 N–H and O–H groups in total. The van der Waals surface area contributed by atoms with Gasteiger partial charge in [0.25, 0.3) is 0 Å². The molecular weight excluding hydrogens is 262 g/mol. The number of piperazine rings is 1. The Labute approximate surface area is 128 Å². The van der Waals surface area contributed by atoms with Crippen LogP contribution in [0.25, 0.3) is 10.4 Å². The highest BCUT2D eigenvalue weighted by molar-refractivity contribution is 5.10. The molecule has 1 aliphatic rings. The zero-order chi connectivity index (χ0) is 15.8. The van der Waals surface area contributed by atoms with E-state index < -0.39 is 0 Å². The normalized spacial score (nSPS) is 19.5. The van der Waals surface area contributed by atoms with Crippen LogP contribution in [-0.2, 0) is 0 Å². The molecule has 1 atom stereocenters. The van der Waals surface area contributed by atoms with Gasteiger partial charge in [-0.25, -0.2) is 0 Å². The second kappa shape index (κ2) is 8.67. The molecule has 0 aromatic heterocycles. The predicted octanol–water partition coefficient (Wildman–Crippen LogP) is 3.73. The molecule has 1 fully saturated rings. The third kappa shape index (κ3) is 6.17. The lowest BCUT2D eigenvalue weighted by Crippen LogP contribution is -2.53. The largest absolute Gasteiger partial charge is 0.297 e. The molecule has 5 nitrogen and oxygen atoms in total. The van der Waals surface area contributed by atoms with Crippen molar-refractivity contribution in [3.8, 4) is 0 Å². The van der Waals surface area contributed by atoms with Crippen LogP contribution in [0.4, 0.5) is 0 Å². The van der Waals surface area contributed by atoms with E-state index in [9.17, 15) is 0 Å². The quantitative estimate of drug-likeness (QED) is 0.324. The number of azide groups is 1. The van der Waals surface area contributed by atoms with Crippen LogP contribution in [0.2, 0.25) is 0 Å². The number of hydrogen-bond acceptors (Lipinski definition) is 3. The van der Waals surface area contributed by atoms with E-state index in [1.54, 1.807) is 0 Å². The third-order valence-corrected chi connectivity index (χ3v) is 3.62. The molecule has 1 rings (SSSR count). The Hall–Kier alpha value is -1.55. The van der Waals surface area contributed by atoms with Crippen LogP contribution in [0, 0.1) is 0 Å². The molecule has 0 radical (unpaired) electrons. The van der Waals surface area contributed by atoms with E-state index in [0.29, 0.717) is 5.70 Å². The first kappa shape index (κ1) is 17.5. The lowest BCUT2D eigenvalue weighted by atomic mass is 10.1. The molecule has 0 aliphatic carbocycles. The Bertz CT molecular complexity index is 463. The second-order valence-corrected chi connectivity index (χ2v) is 6.01. The van der Waals surface area contributed by atoms with Crippen molar-refractivity contribution in [3.05, 3.63) is 46.0 Å². The van der Waals surface area contributed by atoms with Crippen molar-refractivity contribution in [2.75, 3.05) is 32.7 Å². The first-order chi connectivity index (χ1) is 9.93. The molecule has 1 aliphatic heterocycles. The van der Waals surface area contributed by atoms with Gasteiger partial charge < -0.3 is 0 Å². The Balaban J connectivity index is 2.78. The van der Waals surface area contributed by atoms with Gasteiger partial charge >= 0.3 is 0 Å². The Morgan fingerprint density at radius 2 is 1.81 bits per heavy atom. The Morgan fingerprint density at radius 1 is 1.19 bits per heavy atom. The first-order valence-corrected chi connectivity index (χ1v) is 7.41. The summed E-state index contributed by atoms with van der Waals surface area (Å²) in [4.78, 5) is 7.61. The lowest BCUT2D eigenvalue weighted by Gasteiger charge is -2.41. The highest BCUT2D eigenvalue weighted by atomic mass is 15.3. The average molecular weight is 289 g/mol. The summed E-state index contributed by atoms with van der Waals surface area (Å²) in [6.07, 6.45) is 4.45. The van der Waals surface area contributed by atoms with Crippen molar-refractivity contribution in [2.45, 2.75) is 33.7 Å². The molecule has 1 saturated heterocycles. The minimum absolute atomic E-state index is 0.0933. The van der Waals surface area contributed by atoms with E-state index in [1.165, 1.54) is 11.1 Å². The van der Waals surface area contributed by atoms with Gasteiger partial charge in [0.15, 0.2) is 0 Å². The number of hydrogen-bond donors (Lipinski definition) is 0. The Morgan fingerprint density at radius 3 is 2.38 bits per heavy atom. The van der Waals surface area contributed by atoms with E-state index in [4.69, 9.17) is 5.53 Å². The summed E-state index contributed by atoms with van der Waals surface area (Å²) in [7, 11) is 0. The van der Waals surface area contributed by atoms with Crippen LogP contribution in [0.5, 0.6) is 0 Å². The maximum Gasteiger partial charge on any atom is 0.0498 e. The van der Waals surface area contributed by atoms with Gasteiger partial charge in [0, 0.05) is 49.4 Å². The van der Waals surface area contributed by atoms with Crippen molar-refractivity contribution < 1.29 is 0 Å². The van der Waals surface area contributed by atoms with Crippen LogP contribution >= 0.6 is 0 Å². The summed E-state index contributed by atoms with van der Waals surface area (Å²) in [5.74, 6) is 0. The molecule has 116 valence electrons. The standard InChI is InChI=1S/C16H27N5/c1-13(2)6-8-20-10-11-21(9-7-14(3)4)16(12-20)15(5)18-19-17/h6-7,16H,5,8-12H2,1-4H3. The summed E-state index contributed by atoms with van der Waals surface area (Å²) in [6.45, 7) is 17.0. The van der Waals surface area contributed by atoms with Crippen LogP contribution in [0.1, 0.15) is 27.7 Å². The van der Waals surface area contributed by atoms with Gasteiger partial charge in [-0.2, -0.15) is 0 Å². The summed E-state index contributed by atoms with van der Waals surface area (Å²) in [5, 5.41) is 3.74. The second-order valence-electron chi connectivity index (χ2n) is 6.01. The molecular formula is C16H27N5. The smallest absolute Gasteiger partial charge is 0.0498 e. The lowest BCUT2D eigenvalue weighted by molar-refractivity contribution is 0.109. The molecule has 0 saturated carbocycles. The number of nitrogens with zero attached hydrogens (tertiary/aromatic N) is 5. The molecule has 0 aromatic rings. The van der Waals surface area contributed by atoms with Gasteiger partial charge in [0.1, 0.15) is 0 Å². The molecule has 0 aromatic carbocycles. The van der Waals surface area contributed by atoms with E-state index in [-0.39, 0.29) is 6.04 Å². The van der Waals surface area contributed by atoms with Crippen LogP contribution in [0.15, 0.2) is 40.7 Å². The van der Waals surface area contributed by atoms with Gasteiger partial charge in [-0.15, -0.1) is 0 Å². The summed E-state index contributed by atoms with van der Waals surface area (Å²) in [5.41, 5.74) is 11.9. The van der Waals surface area contributed by atoms with Gasteiger partial charge in [-0.05, 0) is 33.2 Å². The molecule has 0 spiro atoms. The van der Waals surface area contributed by atoms with E-state index >= 15 is 0 Å². The van der Waals surface area contributed by atoms with Crippen molar-refractivity contribution in [1.82, 2.24) is 9.80 Å². The van der Waals surface area contributed by atoms with E-state index in [2.05, 4.69) is 66.3 Å². The minimum atomic E-state index is 0.0933. The maximum atomic E-state index is 8.66. The summed E-state index contributed by atoms with van der Waals surface area (Å²) < 4.78 is 0. The van der Waals surface area contributed by atoms with Crippen LogP contribution in [-0.4, -0.2) is 48.6 Å². The third-order valence-electron chi connectivity index (χ3n) is 3.62. The highest BCUT2D eigenvalue weighted by Crippen LogP contribution is 2.18. The van der Waals surface area contributed by atoms with Crippen molar-refractivity contribution in [3.63, 3.8) is 0 Å². The first-order valence-electron chi connectivity index (χ1n) is 7.41. The Kier molecular flexibility index (Phi) is 7.23. The molecule has 1 unspecified atom stereocenters. The van der Waals surface area contributed by atoms with Gasteiger partial charge in [-0.1, -0.05) is 35.0 Å². The molecule has 0 bridgehead atoms. The monoisotopic (exact) mass is 289 g/mol. The zero-order valence-corrected chi connectivity index (χ0v) is 13.7. The summed E-state index contributed by atoms with van der Waals surface area (Å²) in [6, 6.07) is 0.0933. The molecule has 5 heteroatoms. The number of rotatable bonds is 6. The maximum absolute atomic E-state index is 8.66. The van der Waals surface area contributed by atoms with Gasteiger partial charge in [-0.3, -0.25) is 9.80 Å². The predicted molar refractivity (Wildman–Crippen MR) is 88.9 cm³/mol.